The Balaban J connectivity index is 2.28. The standard InChI is InChI=1S/C14H19NO4/c16-9-10-5-2-1-3-8-15(10)14(19)11-6-4-7-12(17)13(11)18/h4,6-7,10,16-18H,1-3,5,8-9H2. The van der Waals surface area contributed by atoms with Crippen LogP contribution in [-0.2, 0) is 0 Å². The Kier molecular flexibility index (Phi) is 4.27. The van der Waals surface area contributed by atoms with Crippen molar-refractivity contribution < 1.29 is 20.1 Å². The number of aromatic hydroxyl groups is 2. The molecule has 1 heterocycles. The highest BCUT2D eigenvalue weighted by molar-refractivity contribution is 5.97. The van der Waals surface area contributed by atoms with Crippen molar-refractivity contribution in [1.82, 2.24) is 4.90 Å². The molecule has 3 N–H and O–H groups in total. The smallest absolute Gasteiger partial charge is 0.258 e. The lowest BCUT2D eigenvalue weighted by Gasteiger charge is -2.29. The van der Waals surface area contributed by atoms with E-state index in [0.29, 0.717) is 6.54 Å². The molecule has 0 aromatic heterocycles. The fraction of sp³-hybridized carbons (Fsp3) is 0.500. The molecule has 5 heteroatoms. The lowest BCUT2D eigenvalue weighted by molar-refractivity contribution is 0.0596. The van der Waals surface area contributed by atoms with Gasteiger partial charge in [-0.05, 0) is 25.0 Å². The van der Waals surface area contributed by atoms with E-state index in [0.717, 1.165) is 25.7 Å². The lowest BCUT2D eigenvalue weighted by atomic mass is 10.1. The molecule has 19 heavy (non-hydrogen) atoms. The quantitative estimate of drug-likeness (QED) is 0.707. The van der Waals surface area contributed by atoms with E-state index in [-0.39, 0.29) is 29.9 Å². The highest BCUT2D eigenvalue weighted by Crippen LogP contribution is 2.30. The summed E-state index contributed by atoms with van der Waals surface area (Å²) >= 11 is 0. The molecule has 5 nitrogen and oxygen atoms in total. The number of aliphatic hydroxyl groups excluding tert-OH is 1. The van der Waals surface area contributed by atoms with Crippen LogP contribution < -0.4 is 0 Å². The van der Waals surface area contributed by atoms with Crippen molar-refractivity contribution in [3.63, 3.8) is 0 Å². The van der Waals surface area contributed by atoms with Crippen molar-refractivity contribution >= 4 is 5.91 Å². The van der Waals surface area contributed by atoms with Gasteiger partial charge in [-0.1, -0.05) is 18.9 Å². The van der Waals surface area contributed by atoms with E-state index >= 15 is 0 Å². The van der Waals surface area contributed by atoms with Crippen LogP contribution in [0.2, 0.25) is 0 Å². The normalized spacial score (nSPS) is 20.1. The summed E-state index contributed by atoms with van der Waals surface area (Å²) in [4.78, 5) is 14.0. The molecule has 2 rings (SSSR count). The number of rotatable bonds is 2. The Morgan fingerprint density at radius 1 is 1.26 bits per heavy atom. The van der Waals surface area contributed by atoms with Crippen LogP contribution in [0.25, 0.3) is 0 Å². The summed E-state index contributed by atoms with van der Waals surface area (Å²) in [5, 5.41) is 28.6. The summed E-state index contributed by atoms with van der Waals surface area (Å²) in [6.07, 6.45) is 3.68. The van der Waals surface area contributed by atoms with Crippen LogP contribution >= 0.6 is 0 Å². The van der Waals surface area contributed by atoms with E-state index in [1.807, 2.05) is 0 Å². The molecule has 1 aliphatic rings. The van der Waals surface area contributed by atoms with Gasteiger partial charge in [0.1, 0.15) is 0 Å². The number of phenols is 2. The minimum absolute atomic E-state index is 0.0781. The number of amides is 1. The van der Waals surface area contributed by atoms with E-state index in [4.69, 9.17) is 0 Å². The monoisotopic (exact) mass is 265 g/mol. The first kappa shape index (κ1) is 13.7. The Morgan fingerprint density at radius 3 is 2.79 bits per heavy atom. The van der Waals surface area contributed by atoms with E-state index in [2.05, 4.69) is 0 Å². The molecule has 0 saturated carbocycles. The van der Waals surface area contributed by atoms with Crippen molar-refractivity contribution in [3.05, 3.63) is 23.8 Å². The molecule has 104 valence electrons. The average Bonchev–Trinajstić information content (AvgIpc) is 2.66. The number of para-hydroxylation sites is 1. The third kappa shape index (κ3) is 2.81. The molecule has 0 radical (unpaired) electrons. The second kappa shape index (κ2) is 5.93. The van der Waals surface area contributed by atoms with E-state index < -0.39 is 5.75 Å². The van der Waals surface area contributed by atoms with Crippen molar-refractivity contribution in [2.24, 2.45) is 0 Å². The van der Waals surface area contributed by atoms with Gasteiger partial charge in [-0.2, -0.15) is 0 Å². The largest absolute Gasteiger partial charge is 0.504 e. The van der Waals surface area contributed by atoms with Gasteiger partial charge in [0, 0.05) is 6.54 Å². The number of hydrogen-bond acceptors (Lipinski definition) is 4. The van der Waals surface area contributed by atoms with E-state index in [1.165, 1.54) is 18.2 Å². The predicted octanol–water partition coefficient (Wildman–Crippen LogP) is 1.47. The number of carbonyl (C=O) groups is 1. The van der Waals surface area contributed by atoms with E-state index in [9.17, 15) is 20.1 Å². The van der Waals surface area contributed by atoms with Crippen LogP contribution in [0.15, 0.2) is 18.2 Å². The molecule has 0 spiro atoms. The average molecular weight is 265 g/mol. The maximum atomic E-state index is 12.4. The number of carbonyl (C=O) groups excluding carboxylic acids is 1. The van der Waals surface area contributed by atoms with Crippen LogP contribution in [0.4, 0.5) is 0 Å². The first-order chi connectivity index (χ1) is 9.15. The predicted molar refractivity (Wildman–Crippen MR) is 70.1 cm³/mol. The number of benzene rings is 1. The van der Waals surface area contributed by atoms with E-state index in [1.54, 1.807) is 4.90 Å². The number of phenolic OH excluding ortho intramolecular Hbond substituents is 2. The van der Waals surface area contributed by atoms with Gasteiger partial charge in [0.2, 0.25) is 0 Å². The first-order valence-corrected chi connectivity index (χ1v) is 6.58. The van der Waals surface area contributed by atoms with Gasteiger partial charge in [0.15, 0.2) is 11.5 Å². The van der Waals surface area contributed by atoms with Crippen molar-refractivity contribution in [1.29, 1.82) is 0 Å². The van der Waals surface area contributed by atoms with Gasteiger partial charge >= 0.3 is 0 Å². The zero-order valence-corrected chi connectivity index (χ0v) is 10.7. The van der Waals surface area contributed by atoms with Gasteiger partial charge in [-0.25, -0.2) is 0 Å². The fourth-order valence-corrected chi connectivity index (χ4v) is 2.49. The number of nitrogens with zero attached hydrogens (tertiary/aromatic N) is 1. The second-order valence-corrected chi connectivity index (χ2v) is 4.86. The maximum absolute atomic E-state index is 12.4. The third-order valence-electron chi connectivity index (χ3n) is 3.59. The summed E-state index contributed by atoms with van der Waals surface area (Å²) in [7, 11) is 0. The number of likely N-dealkylation sites (tertiary alicyclic amines) is 1. The van der Waals surface area contributed by atoms with Gasteiger partial charge in [0.05, 0.1) is 18.2 Å². The highest BCUT2D eigenvalue weighted by Gasteiger charge is 2.27. The summed E-state index contributed by atoms with van der Waals surface area (Å²) in [5.41, 5.74) is 0.0837. The van der Waals surface area contributed by atoms with Crippen molar-refractivity contribution in [3.8, 4) is 11.5 Å². The Bertz CT molecular complexity index is 461. The van der Waals surface area contributed by atoms with Crippen molar-refractivity contribution in [2.45, 2.75) is 31.7 Å². The van der Waals surface area contributed by atoms with Crippen LogP contribution in [0, 0.1) is 0 Å². The van der Waals surface area contributed by atoms with Crippen LogP contribution in [0.3, 0.4) is 0 Å². The summed E-state index contributed by atoms with van der Waals surface area (Å²) in [6, 6.07) is 4.12. The molecular weight excluding hydrogens is 246 g/mol. The molecule has 1 fully saturated rings. The first-order valence-electron chi connectivity index (χ1n) is 6.58. The number of aliphatic hydroxyl groups is 1. The summed E-state index contributed by atoms with van der Waals surface area (Å²) in [6.45, 7) is 0.491. The summed E-state index contributed by atoms with van der Waals surface area (Å²) < 4.78 is 0. The molecule has 1 aromatic carbocycles. The third-order valence-corrected chi connectivity index (χ3v) is 3.59. The zero-order chi connectivity index (χ0) is 13.8. The van der Waals surface area contributed by atoms with Crippen LogP contribution in [0.1, 0.15) is 36.0 Å². The topological polar surface area (TPSA) is 81.0 Å². The molecule has 1 amide bonds. The fourth-order valence-electron chi connectivity index (χ4n) is 2.49. The zero-order valence-electron chi connectivity index (χ0n) is 10.7. The van der Waals surface area contributed by atoms with Gasteiger partial charge < -0.3 is 20.2 Å². The van der Waals surface area contributed by atoms with Crippen LogP contribution in [0.5, 0.6) is 11.5 Å². The second-order valence-electron chi connectivity index (χ2n) is 4.86. The SMILES string of the molecule is O=C(c1cccc(O)c1O)N1CCCCCC1CO. The Labute approximate surface area is 112 Å². The van der Waals surface area contributed by atoms with Crippen LogP contribution in [-0.4, -0.2) is 45.3 Å². The Morgan fingerprint density at radius 2 is 2.05 bits per heavy atom. The van der Waals surface area contributed by atoms with Gasteiger partial charge in [-0.3, -0.25) is 4.79 Å². The molecule has 1 saturated heterocycles. The van der Waals surface area contributed by atoms with Crippen molar-refractivity contribution in [2.75, 3.05) is 13.2 Å². The molecule has 1 aliphatic heterocycles. The highest BCUT2D eigenvalue weighted by atomic mass is 16.3. The minimum Gasteiger partial charge on any atom is -0.504 e. The molecule has 1 atom stereocenters. The summed E-state index contributed by atoms with van der Waals surface area (Å²) in [5.74, 6) is -1.04. The molecule has 1 unspecified atom stereocenters. The minimum atomic E-state index is -0.395. The van der Waals surface area contributed by atoms with Gasteiger partial charge in [-0.15, -0.1) is 0 Å². The molecule has 0 aliphatic carbocycles. The number of hydrogen-bond donors (Lipinski definition) is 3. The maximum Gasteiger partial charge on any atom is 0.258 e. The lowest BCUT2D eigenvalue weighted by Crippen LogP contribution is -2.42. The molecule has 0 bridgehead atoms. The molecular formula is C14H19NO4. The molecule has 1 aromatic rings. The van der Waals surface area contributed by atoms with Gasteiger partial charge in [0.25, 0.3) is 5.91 Å². The Hall–Kier alpha value is -1.75.